The second kappa shape index (κ2) is 7.50. The van der Waals surface area contributed by atoms with Crippen LogP contribution in [0.1, 0.15) is 0 Å². The molecule has 4 N–H and O–H groups in total. The number of aromatic amines is 1. The van der Waals surface area contributed by atoms with Crippen LogP contribution in [0, 0.1) is 0 Å². The lowest BCUT2D eigenvalue weighted by Gasteiger charge is -2.10. The van der Waals surface area contributed by atoms with E-state index in [1.807, 2.05) is 18.3 Å². The van der Waals surface area contributed by atoms with Crippen LogP contribution in [0.5, 0.6) is 0 Å². The molecule has 0 saturated heterocycles. The maximum atomic E-state index is 8.96. The number of aliphatic hydroxyl groups excluding tert-OH is 1. The summed E-state index contributed by atoms with van der Waals surface area (Å²) in [7, 11) is 0. The highest BCUT2D eigenvalue weighted by Crippen LogP contribution is 2.38. The Morgan fingerprint density at radius 3 is 2.90 bits per heavy atom. The van der Waals surface area contributed by atoms with Crippen molar-refractivity contribution in [3.05, 3.63) is 60.9 Å². The zero-order valence-electron chi connectivity index (χ0n) is 15.4. The fourth-order valence-electron chi connectivity index (χ4n) is 3.27. The molecule has 29 heavy (non-hydrogen) atoms. The van der Waals surface area contributed by atoms with E-state index in [1.54, 1.807) is 17.5 Å². The van der Waals surface area contributed by atoms with E-state index in [9.17, 15) is 0 Å². The second-order valence-corrected chi connectivity index (χ2v) is 7.63. The van der Waals surface area contributed by atoms with E-state index < -0.39 is 0 Å². The molecule has 0 spiro atoms. The van der Waals surface area contributed by atoms with Gasteiger partial charge in [0, 0.05) is 39.0 Å². The summed E-state index contributed by atoms with van der Waals surface area (Å²) in [4.78, 5) is 9.79. The highest BCUT2D eigenvalue weighted by atomic mass is 32.1. The van der Waals surface area contributed by atoms with Crippen LogP contribution in [0.15, 0.2) is 60.9 Å². The highest BCUT2D eigenvalue weighted by molar-refractivity contribution is 7.22. The van der Waals surface area contributed by atoms with E-state index in [0.717, 1.165) is 22.2 Å². The maximum absolute atomic E-state index is 8.96. The van der Waals surface area contributed by atoms with Gasteiger partial charge in [0.25, 0.3) is 0 Å². The number of aromatic nitrogens is 4. The number of rotatable bonds is 6. The predicted octanol–water partition coefficient (Wildman–Crippen LogP) is 4.38. The van der Waals surface area contributed by atoms with Crippen molar-refractivity contribution in [1.29, 1.82) is 0 Å². The third kappa shape index (κ3) is 3.51. The first-order chi connectivity index (χ1) is 14.3. The normalized spacial score (nSPS) is 11.2. The van der Waals surface area contributed by atoms with Crippen LogP contribution >= 0.6 is 11.3 Å². The van der Waals surface area contributed by atoms with Crippen LogP contribution in [-0.2, 0) is 0 Å². The van der Waals surface area contributed by atoms with Gasteiger partial charge in [-0.2, -0.15) is 10.1 Å². The topological polar surface area (TPSA) is 98.8 Å². The number of nitrogens with zero attached hydrogens (tertiary/aromatic N) is 3. The van der Waals surface area contributed by atoms with Crippen molar-refractivity contribution in [1.82, 2.24) is 20.2 Å². The lowest BCUT2D eigenvalue weighted by molar-refractivity contribution is 0.311. The summed E-state index contributed by atoms with van der Waals surface area (Å²) in [6.07, 6.45) is 3.50. The first kappa shape index (κ1) is 17.6. The number of anilines is 3. The van der Waals surface area contributed by atoms with Gasteiger partial charge < -0.3 is 15.7 Å². The molecular weight excluding hydrogens is 384 g/mol. The van der Waals surface area contributed by atoms with Gasteiger partial charge in [-0.15, -0.1) is 11.3 Å². The van der Waals surface area contributed by atoms with Crippen molar-refractivity contribution in [3.63, 3.8) is 0 Å². The number of fused-ring (bicyclic) bond motifs is 2. The molecule has 0 amide bonds. The van der Waals surface area contributed by atoms with Crippen LogP contribution in [0.4, 0.5) is 17.5 Å². The van der Waals surface area contributed by atoms with Crippen molar-refractivity contribution in [2.75, 3.05) is 23.8 Å². The van der Waals surface area contributed by atoms with E-state index in [1.165, 1.54) is 15.0 Å². The Kier molecular flexibility index (Phi) is 4.55. The number of benzene rings is 2. The van der Waals surface area contributed by atoms with Crippen molar-refractivity contribution in [2.24, 2.45) is 0 Å². The molecule has 2 aromatic carbocycles. The Morgan fingerprint density at radius 2 is 2.00 bits per heavy atom. The summed E-state index contributed by atoms with van der Waals surface area (Å²) in [6, 6.07) is 16.5. The quantitative estimate of drug-likeness (QED) is 0.336. The first-order valence-corrected chi connectivity index (χ1v) is 10.0. The molecule has 0 fully saturated rings. The van der Waals surface area contributed by atoms with Crippen LogP contribution in [0.25, 0.3) is 31.4 Å². The molecule has 0 unspecified atom stereocenters. The molecule has 3 aromatic heterocycles. The van der Waals surface area contributed by atoms with Gasteiger partial charge in [-0.25, -0.2) is 4.98 Å². The van der Waals surface area contributed by atoms with Gasteiger partial charge in [0.15, 0.2) is 0 Å². The summed E-state index contributed by atoms with van der Waals surface area (Å²) >= 11 is 1.76. The van der Waals surface area contributed by atoms with Crippen molar-refractivity contribution >= 4 is 49.8 Å². The maximum Gasteiger partial charge on any atom is 0.224 e. The van der Waals surface area contributed by atoms with Crippen LogP contribution in [0.2, 0.25) is 0 Å². The highest BCUT2D eigenvalue weighted by Gasteiger charge is 2.12. The third-order valence-corrected chi connectivity index (χ3v) is 5.71. The fourth-order valence-corrected chi connectivity index (χ4v) is 4.35. The predicted molar refractivity (Wildman–Crippen MR) is 118 cm³/mol. The summed E-state index contributed by atoms with van der Waals surface area (Å²) in [5.74, 6) is 1.14. The lowest BCUT2D eigenvalue weighted by Crippen LogP contribution is -2.09. The third-order valence-electron chi connectivity index (χ3n) is 4.56. The van der Waals surface area contributed by atoms with E-state index >= 15 is 0 Å². The molecule has 0 aliphatic heterocycles. The molecular formula is C21H18N6OS. The second-order valence-electron chi connectivity index (χ2n) is 6.55. The van der Waals surface area contributed by atoms with E-state index in [-0.39, 0.29) is 6.61 Å². The Bertz CT molecular complexity index is 1260. The van der Waals surface area contributed by atoms with Gasteiger partial charge in [-0.3, -0.25) is 5.10 Å². The van der Waals surface area contributed by atoms with Gasteiger partial charge in [-0.1, -0.05) is 18.2 Å². The summed E-state index contributed by atoms with van der Waals surface area (Å²) in [6.45, 7) is 0.428. The number of thiophene rings is 1. The number of hydrogen-bond donors (Lipinski definition) is 4. The first-order valence-electron chi connectivity index (χ1n) is 9.21. The van der Waals surface area contributed by atoms with Gasteiger partial charge in [-0.05, 0) is 35.7 Å². The fraction of sp³-hybridized carbons (Fsp3) is 0.0952. The largest absolute Gasteiger partial charge is 0.395 e. The zero-order valence-corrected chi connectivity index (χ0v) is 16.2. The molecule has 0 radical (unpaired) electrons. The number of H-pyrrole nitrogens is 1. The van der Waals surface area contributed by atoms with Crippen LogP contribution in [-0.4, -0.2) is 38.4 Å². The van der Waals surface area contributed by atoms with Crippen LogP contribution < -0.4 is 10.6 Å². The van der Waals surface area contributed by atoms with Crippen molar-refractivity contribution in [3.8, 4) is 10.4 Å². The van der Waals surface area contributed by atoms with E-state index in [4.69, 9.17) is 5.11 Å². The standard InChI is InChI=1S/C21H18N6OS/c28-8-7-23-21-22-6-5-19(26-21)25-15-9-14-12-24-27-20(14)16(11-15)18-10-13-3-1-2-4-17(13)29-18/h1-6,9-12,28H,7-8H2,(H,24,27)(H2,22,23,25,26). The smallest absolute Gasteiger partial charge is 0.224 e. The minimum Gasteiger partial charge on any atom is -0.395 e. The van der Waals surface area contributed by atoms with Gasteiger partial charge in [0.1, 0.15) is 5.82 Å². The van der Waals surface area contributed by atoms with E-state index in [0.29, 0.717) is 18.3 Å². The summed E-state index contributed by atoms with van der Waals surface area (Å²) < 4.78 is 1.25. The molecule has 5 rings (SSSR count). The Balaban J connectivity index is 1.54. The molecule has 0 atom stereocenters. The molecule has 0 aliphatic rings. The molecule has 7 nitrogen and oxygen atoms in total. The SMILES string of the molecule is OCCNc1nccc(Nc2cc(-c3cc4ccccc4s3)c3[nH]ncc3c2)n1. The molecule has 8 heteroatoms. The Morgan fingerprint density at radius 1 is 1.07 bits per heavy atom. The summed E-state index contributed by atoms with van der Waals surface area (Å²) in [5, 5.41) is 24.9. The minimum atomic E-state index is 0.0245. The molecule has 5 aromatic rings. The van der Waals surface area contributed by atoms with E-state index in [2.05, 4.69) is 67.2 Å². The average Bonchev–Trinajstić information content (AvgIpc) is 3.38. The molecule has 144 valence electrons. The van der Waals surface area contributed by atoms with Gasteiger partial charge >= 0.3 is 0 Å². The van der Waals surface area contributed by atoms with Gasteiger partial charge in [0.2, 0.25) is 5.95 Å². The number of aliphatic hydroxyl groups is 1. The molecule has 3 heterocycles. The van der Waals surface area contributed by atoms with Gasteiger partial charge in [0.05, 0.1) is 18.3 Å². The zero-order chi connectivity index (χ0) is 19.6. The number of nitrogens with one attached hydrogen (secondary N) is 3. The average molecular weight is 402 g/mol. The Hall–Kier alpha value is -3.49. The summed E-state index contributed by atoms with van der Waals surface area (Å²) in [5.41, 5.74) is 3.02. The monoisotopic (exact) mass is 402 g/mol. The Labute approximate surface area is 170 Å². The minimum absolute atomic E-state index is 0.0245. The number of hydrogen-bond acceptors (Lipinski definition) is 7. The van der Waals surface area contributed by atoms with Crippen molar-refractivity contribution in [2.45, 2.75) is 0 Å². The van der Waals surface area contributed by atoms with Crippen molar-refractivity contribution < 1.29 is 5.11 Å². The lowest BCUT2D eigenvalue weighted by atomic mass is 10.1. The molecule has 0 saturated carbocycles. The van der Waals surface area contributed by atoms with Crippen LogP contribution in [0.3, 0.4) is 0 Å². The molecule has 0 bridgehead atoms. The molecule has 0 aliphatic carbocycles.